The molecule has 0 fully saturated rings. The van der Waals surface area contributed by atoms with Gasteiger partial charge >= 0.3 is 10.1 Å². The second-order valence-corrected chi connectivity index (χ2v) is 8.03. The van der Waals surface area contributed by atoms with Crippen LogP contribution in [0.25, 0.3) is 21.7 Å². The van der Waals surface area contributed by atoms with Crippen LogP contribution in [0, 0.1) is 13.8 Å². The van der Waals surface area contributed by atoms with E-state index in [1.165, 1.54) is 12.1 Å². The highest BCUT2D eigenvalue weighted by molar-refractivity contribution is 7.86. The molecule has 0 aliphatic heterocycles. The molecular formula is C21H19NO5S. The molecule has 1 aromatic heterocycles. The topological polar surface area (TPSA) is 77.8 Å². The molecule has 144 valence electrons. The lowest BCUT2D eigenvalue weighted by Crippen LogP contribution is -2.12. The van der Waals surface area contributed by atoms with Gasteiger partial charge in [-0.25, -0.2) is 5.48 Å². The van der Waals surface area contributed by atoms with Gasteiger partial charge in [0.2, 0.25) is 0 Å². The van der Waals surface area contributed by atoms with Gasteiger partial charge in [0.15, 0.2) is 0 Å². The molecular weight excluding hydrogens is 378 g/mol. The summed E-state index contributed by atoms with van der Waals surface area (Å²) >= 11 is 0. The summed E-state index contributed by atoms with van der Waals surface area (Å²) in [7, 11) is -2.39. The van der Waals surface area contributed by atoms with E-state index in [2.05, 4.69) is 5.48 Å². The van der Waals surface area contributed by atoms with Crippen molar-refractivity contribution in [2.75, 3.05) is 12.6 Å². The van der Waals surface area contributed by atoms with E-state index in [9.17, 15) is 8.42 Å². The predicted molar refractivity (Wildman–Crippen MR) is 108 cm³/mol. The monoisotopic (exact) mass is 397 g/mol. The first-order valence-corrected chi connectivity index (χ1v) is 10.1. The fourth-order valence-corrected chi connectivity index (χ4v) is 3.91. The Hall–Kier alpha value is -3.03. The Balaban J connectivity index is 1.76. The minimum absolute atomic E-state index is 0.0686. The zero-order chi connectivity index (χ0) is 19.9. The van der Waals surface area contributed by atoms with Gasteiger partial charge in [0.25, 0.3) is 0 Å². The highest BCUT2D eigenvalue weighted by Crippen LogP contribution is 2.40. The SMILES string of the molecule is COc1cc2c(NOS(=O)(=O)c3ccc(C)cc3)c(C)oc2c2ccccc12. The maximum absolute atomic E-state index is 12.5. The zero-order valence-corrected chi connectivity index (χ0v) is 16.5. The van der Waals surface area contributed by atoms with Crippen LogP contribution in [-0.2, 0) is 14.4 Å². The second-order valence-electron chi connectivity index (χ2n) is 6.49. The fraction of sp³-hybridized carbons (Fsp3) is 0.143. The van der Waals surface area contributed by atoms with Crippen LogP contribution in [-0.4, -0.2) is 15.5 Å². The molecule has 0 radical (unpaired) electrons. The van der Waals surface area contributed by atoms with Gasteiger partial charge < -0.3 is 9.15 Å². The lowest BCUT2D eigenvalue weighted by Gasteiger charge is -2.09. The summed E-state index contributed by atoms with van der Waals surface area (Å²) in [6, 6.07) is 15.9. The Morgan fingerprint density at radius 2 is 1.61 bits per heavy atom. The van der Waals surface area contributed by atoms with Crippen molar-refractivity contribution in [3.8, 4) is 5.75 Å². The first kappa shape index (κ1) is 18.3. The highest BCUT2D eigenvalue weighted by atomic mass is 32.2. The van der Waals surface area contributed by atoms with Crippen LogP contribution in [0.5, 0.6) is 5.75 Å². The molecule has 7 heteroatoms. The van der Waals surface area contributed by atoms with E-state index >= 15 is 0 Å². The number of fused-ring (bicyclic) bond motifs is 3. The summed E-state index contributed by atoms with van der Waals surface area (Å²) in [4.78, 5) is 0.0686. The normalized spacial score (nSPS) is 11.8. The third-order valence-electron chi connectivity index (χ3n) is 4.62. The quantitative estimate of drug-likeness (QED) is 0.481. The van der Waals surface area contributed by atoms with E-state index in [0.717, 1.165) is 16.3 Å². The lowest BCUT2D eigenvalue weighted by molar-refractivity contribution is 0.389. The van der Waals surface area contributed by atoms with Crippen LogP contribution in [0.2, 0.25) is 0 Å². The van der Waals surface area contributed by atoms with Crippen LogP contribution >= 0.6 is 0 Å². The molecule has 0 saturated heterocycles. The molecule has 4 aromatic rings. The molecule has 0 atom stereocenters. The van der Waals surface area contributed by atoms with Crippen LogP contribution < -0.4 is 10.2 Å². The third kappa shape index (κ3) is 3.08. The van der Waals surface area contributed by atoms with Gasteiger partial charge in [-0.15, -0.1) is 4.28 Å². The number of hydrogen-bond donors (Lipinski definition) is 1. The highest BCUT2D eigenvalue weighted by Gasteiger charge is 2.20. The zero-order valence-electron chi connectivity index (χ0n) is 15.6. The predicted octanol–water partition coefficient (Wildman–Crippen LogP) is 4.94. The minimum Gasteiger partial charge on any atom is -0.496 e. The van der Waals surface area contributed by atoms with Gasteiger partial charge in [0, 0.05) is 10.8 Å². The van der Waals surface area contributed by atoms with E-state index < -0.39 is 10.1 Å². The second kappa shape index (κ2) is 6.85. The van der Waals surface area contributed by atoms with Gasteiger partial charge in [-0.1, -0.05) is 42.0 Å². The molecule has 0 spiro atoms. The molecule has 4 rings (SSSR count). The van der Waals surface area contributed by atoms with Crippen LogP contribution in [0.4, 0.5) is 5.69 Å². The summed E-state index contributed by atoms with van der Waals surface area (Å²) in [5, 5.41) is 2.45. The van der Waals surface area contributed by atoms with Crippen molar-refractivity contribution in [2.45, 2.75) is 18.7 Å². The first-order chi connectivity index (χ1) is 13.4. The van der Waals surface area contributed by atoms with Crippen molar-refractivity contribution < 1.29 is 21.9 Å². The Morgan fingerprint density at radius 3 is 2.29 bits per heavy atom. The molecule has 1 heterocycles. The third-order valence-corrected chi connectivity index (χ3v) is 5.77. The van der Waals surface area contributed by atoms with Crippen LogP contribution in [0.1, 0.15) is 11.3 Å². The molecule has 0 aliphatic rings. The minimum atomic E-state index is -3.98. The number of furan rings is 1. The molecule has 28 heavy (non-hydrogen) atoms. The van der Waals surface area contributed by atoms with Gasteiger partial charge in [-0.05, 0) is 32.0 Å². The molecule has 0 amide bonds. The molecule has 6 nitrogen and oxygen atoms in total. The Bertz CT molecular complexity index is 1270. The average Bonchev–Trinajstić information content (AvgIpc) is 3.01. The van der Waals surface area contributed by atoms with E-state index in [1.54, 1.807) is 32.2 Å². The summed E-state index contributed by atoms with van der Waals surface area (Å²) < 4.78 is 41.5. The maximum atomic E-state index is 12.5. The molecule has 0 saturated carbocycles. The molecule has 0 unspecified atom stereocenters. The van der Waals surface area contributed by atoms with Crippen molar-refractivity contribution in [1.82, 2.24) is 0 Å². The van der Waals surface area contributed by atoms with E-state index in [0.29, 0.717) is 28.2 Å². The fourth-order valence-electron chi connectivity index (χ4n) is 3.15. The van der Waals surface area contributed by atoms with Crippen LogP contribution in [0.3, 0.4) is 0 Å². The number of benzene rings is 3. The van der Waals surface area contributed by atoms with Crippen molar-refractivity contribution in [3.63, 3.8) is 0 Å². The number of nitrogens with one attached hydrogen (secondary N) is 1. The number of rotatable bonds is 5. The number of aryl methyl sites for hydroxylation is 2. The summed E-state index contributed by atoms with van der Waals surface area (Å²) in [6.07, 6.45) is 0. The Morgan fingerprint density at radius 1 is 0.929 bits per heavy atom. The van der Waals surface area contributed by atoms with Gasteiger partial charge in [0.1, 0.15) is 22.8 Å². The van der Waals surface area contributed by atoms with E-state index in [4.69, 9.17) is 13.4 Å². The summed E-state index contributed by atoms with van der Waals surface area (Å²) in [5.41, 5.74) is 4.60. The van der Waals surface area contributed by atoms with Gasteiger partial charge in [-0.3, -0.25) is 0 Å². The van der Waals surface area contributed by atoms with Crippen molar-refractivity contribution >= 4 is 37.5 Å². The average molecular weight is 397 g/mol. The van der Waals surface area contributed by atoms with Crippen molar-refractivity contribution in [3.05, 3.63) is 65.9 Å². The van der Waals surface area contributed by atoms with E-state index in [-0.39, 0.29) is 4.90 Å². The smallest absolute Gasteiger partial charge is 0.317 e. The largest absolute Gasteiger partial charge is 0.496 e. The first-order valence-electron chi connectivity index (χ1n) is 8.65. The summed E-state index contributed by atoms with van der Waals surface area (Å²) in [6.45, 7) is 3.62. The standard InChI is InChI=1S/C21H19NO5S/c1-13-8-10-15(11-9-13)28(23,24)27-22-20-14(2)26-21-17-7-5-4-6-16(17)19(25-3)12-18(20)21/h4-12,22H,1-3H3. The number of methoxy groups -OCH3 is 1. The number of anilines is 1. The number of hydrogen-bond acceptors (Lipinski definition) is 6. The van der Waals surface area contributed by atoms with Crippen molar-refractivity contribution in [2.24, 2.45) is 0 Å². The summed E-state index contributed by atoms with van der Waals surface area (Å²) in [5.74, 6) is 1.17. The van der Waals surface area contributed by atoms with Gasteiger partial charge in [0.05, 0.1) is 17.4 Å². The Labute approximate surface area is 162 Å². The van der Waals surface area contributed by atoms with Crippen LogP contribution in [0.15, 0.2) is 63.9 Å². The molecule has 0 aliphatic carbocycles. The maximum Gasteiger partial charge on any atom is 0.317 e. The van der Waals surface area contributed by atoms with Gasteiger partial charge in [-0.2, -0.15) is 8.42 Å². The molecule has 3 aromatic carbocycles. The van der Waals surface area contributed by atoms with E-state index in [1.807, 2.05) is 31.2 Å². The number of ether oxygens (including phenoxy) is 1. The molecule has 1 N–H and O–H groups in total. The lowest BCUT2D eigenvalue weighted by atomic mass is 10.1. The molecule has 0 bridgehead atoms. The Kier molecular flexibility index (Phi) is 4.49. The van der Waals surface area contributed by atoms with Crippen molar-refractivity contribution in [1.29, 1.82) is 0 Å².